The van der Waals surface area contributed by atoms with Crippen LogP contribution in [0.5, 0.6) is 0 Å². The highest BCUT2D eigenvalue weighted by molar-refractivity contribution is 7.12. The predicted octanol–water partition coefficient (Wildman–Crippen LogP) is 1.58. The van der Waals surface area contributed by atoms with Gasteiger partial charge in [0.15, 0.2) is 5.78 Å². The Kier molecular flexibility index (Phi) is 5.75. The summed E-state index contributed by atoms with van der Waals surface area (Å²) < 4.78 is 0. The average Bonchev–Trinajstić information content (AvgIpc) is 2.79. The number of nitrogens with one attached hydrogen (secondary N) is 1. The molecule has 0 radical (unpaired) electrons. The topological polar surface area (TPSA) is 21.5 Å². The summed E-state index contributed by atoms with van der Waals surface area (Å²) in [5.74, 6) is 0.237. The first-order valence-electron chi connectivity index (χ1n) is 5.40. The van der Waals surface area contributed by atoms with Gasteiger partial charge in [-0.25, -0.2) is 0 Å². The van der Waals surface area contributed by atoms with Crippen molar-refractivity contribution in [2.75, 3.05) is 19.6 Å². The number of rotatable bonds is 8. The Morgan fingerprint density at radius 3 is 2.56 bits per heavy atom. The van der Waals surface area contributed by atoms with Gasteiger partial charge in [0, 0.05) is 0 Å². The van der Waals surface area contributed by atoms with E-state index in [1.54, 1.807) is 0 Å². The summed E-state index contributed by atoms with van der Waals surface area (Å²) in [4.78, 5) is 14.0. The van der Waals surface area contributed by atoms with E-state index in [9.17, 15) is 4.79 Å². The lowest BCUT2D eigenvalue weighted by molar-refractivity contribution is -0.887. The highest BCUT2D eigenvalue weighted by atomic mass is 32.1. The average molecular weight is 236 g/mol. The molecule has 0 aliphatic rings. The van der Waals surface area contributed by atoms with Crippen LogP contribution in [0.4, 0.5) is 0 Å². The molecule has 0 amide bonds. The smallest absolute Gasteiger partial charge is 0.178 e. The van der Waals surface area contributed by atoms with Crippen LogP contribution in [0.3, 0.4) is 0 Å². The van der Waals surface area contributed by atoms with Gasteiger partial charge in [-0.1, -0.05) is 19.2 Å². The Morgan fingerprint density at radius 2 is 2.06 bits per heavy atom. The van der Waals surface area contributed by atoms with Crippen molar-refractivity contribution in [3.63, 3.8) is 0 Å². The molecule has 1 aromatic heterocycles. The number of hydrogen-bond donors (Lipinski definition) is 1. The monoisotopic (exact) mass is 236 g/mol. The van der Waals surface area contributed by atoms with Gasteiger partial charge in [-0.15, -0.1) is 11.3 Å². The largest absolute Gasteiger partial charge is 0.328 e. The zero-order valence-electron chi connectivity index (χ0n) is 9.45. The molecule has 3 heteroatoms. The van der Waals surface area contributed by atoms with Crippen LogP contribution in [0, 0.1) is 0 Å². The van der Waals surface area contributed by atoms with Crippen LogP contribution in [0.25, 0.3) is 0 Å². The van der Waals surface area contributed by atoms with Crippen LogP contribution in [0.2, 0.25) is 0 Å². The summed E-state index contributed by atoms with van der Waals surface area (Å²) in [6, 6.07) is 3.80. The van der Waals surface area contributed by atoms with Crippen molar-refractivity contribution in [2.24, 2.45) is 0 Å². The molecule has 0 spiro atoms. The summed E-state index contributed by atoms with van der Waals surface area (Å²) in [6.45, 7) is 10.0. The molecule has 0 unspecified atom stereocenters. The van der Waals surface area contributed by atoms with E-state index in [0.29, 0.717) is 6.42 Å². The second kappa shape index (κ2) is 7.14. The van der Waals surface area contributed by atoms with E-state index in [4.69, 9.17) is 0 Å². The minimum absolute atomic E-state index is 0.237. The maximum Gasteiger partial charge on any atom is 0.178 e. The first-order valence-corrected chi connectivity index (χ1v) is 6.28. The molecule has 0 aliphatic carbocycles. The second-order valence-corrected chi connectivity index (χ2v) is 4.58. The first-order chi connectivity index (χ1) is 7.77. The standard InChI is InChI=1S/C13H17NOS/c1-3-8-14(9-4-2)10-7-12(15)13-6-5-11-16-13/h3-6,11H,1-2,7-10H2/p+1. The van der Waals surface area contributed by atoms with Gasteiger partial charge in [0.1, 0.15) is 0 Å². The lowest BCUT2D eigenvalue weighted by atomic mass is 10.2. The molecule has 0 saturated carbocycles. The van der Waals surface area contributed by atoms with Gasteiger partial charge in [0.2, 0.25) is 0 Å². The fourth-order valence-corrected chi connectivity index (χ4v) is 2.24. The lowest BCUT2D eigenvalue weighted by Gasteiger charge is -2.14. The minimum Gasteiger partial charge on any atom is -0.328 e. The van der Waals surface area contributed by atoms with Crippen LogP contribution >= 0.6 is 11.3 Å². The molecule has 16 heavy (non-hydrogen) atoms. The van der Waals surface area contributed by atoms with Crippen molar-refractivity contribution in [1.29, 1.82) is 0 Å². The van der Waals surface area contributed by atoms with Crippen molar-refractivity contribution in [3.8, 4) is 0 Å². The second-order valence-electron chi connectivity index (χ2n) is 3.64. The molecule has 0 atom stereocenters. The van der Waals surface area contributed by atoms with Gasteiger partial charge in [0.05, 0.1) is 30.9 Å². The van der Waals surface area contributed by atoms with E-state index in [1.807, 2.05) is 29.7 Å². The summed E-state index contributed by atoms with van der Waals surface area (Å²) in [5, 5.41) is 1.94. The van der Waals surface area contributed by atoms with E-state index >= 15 is 0 Å². The minimum atomic E-state index is 0.237. The van der Waals surface area contributed by atoms with Crippen molar-refractivity contribution >= 4 is 17.1 Å². The molecule has 0 aromatic carbocycles. The Morgan fingerprint density at radius 1 is 1.38 bits per heavy atom. The van der Waals surface area contributed by atoms with Crippen molar-refractivity contribution in [2.45, 2.75) is 6.42 Å². The Labute approximate surface area is 101 Å². The molecular formula is C13H18NOS+. The zero-order valence-corrected chi connectivity index (χ0v) is 10.3. The fraction of sp³-hybridized carbons (Fsp3) is 0.308. The molecule has 1 heterocycles. The van der Waals surface area contributed by atoms with Crippen LogP contribution in [0.15, 0.2) is 42.8 Å². The SMILES string of the molecule is C=CC[NH+](CC=C)CCC(=O)c1cccs1. The van der Waals surface area contributed by atoms with E-state index < -0.39 is 0 Å². The number of carbonyl (C=O) groups excluding carboxylic acids is 1. The third-order valence-corrected chi connectivity index (χ3v) is 3.28. The normalized spacial score (nSPS) is 10.3. The van der Waals surface area contributed by atoms with E-state index in [1.165, 1.54) is 16.2 Å². The molecular weight excluding hydrogens is 218 g/mol. The third kappa shape index (κ3) is 4.13. The number of carbonyl (C=O) groups is 1. The Balaban J connectivity index is 2.39. The van der Waals surface area contributed by atoms with Gasteiger partial charge in [-0.05, 0) is 23.6 Å². The van der Waals surface area contributed by atoms with E-state index in [-0.39, 0.29) is 5.78 Å². The molecule has 0 bridgehead atoms. The number of Topliss-reactive ketones (excluding diaryl/α,β-unsaturated/α-hetero) is 1. The highest BCUT2D eigenvalue weighted by Crippen LogP contribution is 2.10. The molecule has 1 N–H and O–H groups in total. The lowest BCUT2D eigenvalue weighted by Crippen LogP contribution is -3.11. The van der Waals surface area contributed by atoms with Gasteiger partial charge in [-0.2, -0.15) is 0 Å². The molecule has 0 saturated heterocycles. The molecule has 0 fully saturated rings. The van der Waals surface area contributed by atoms with Crippen LogP contribution < -0.4 is 4.90 Å². The molecule has 86 valence electrons. The van der Waals surface area contributed by atoms with Crippen LogP contribution in [-0.2, 0) is 0 Å². The fourth-order valence-electron chi connectivity index (χ4n) is 1.55. The Hall–Kier alpha value is -1.19. The van der Waals surface area contributed by atoms with Crippen molar-refractivity contribution in [1.82, 2.24) is 0 Å². The number of hydrogen-bond acceptors (Lipinski definition) is 2. The molecule has 2 nitrogen and oxygen atoms in total. The number of quaternary nitrogens is 1. The first kappa shape index (κ1) is 12.9. The number of thiophene rings is 1. The number of ketones is 1. The summed E-state index contributed by atoms with van der Waals surface area (Å²) in [5.41, 5.74) is 0. The van der Waals surface area contributed by atoms with Gasteiger partial charge in [-0.3, -0.25) is 4.79 Å². The molecule has 1 rings (SSSR count). The maximum atomic E-state index is 11.8. The summed E-state index contributed by atoms with van der Waals surface area (Å²) >= 11 is 1.51. The third-order valence-electron chi connectivity index (χ3n) is 2.37. The molecule has 1 aromatic rings. The quantitative estimate of drug-likeness (QED) is 0.537. The predicted molar refractivity (Wildman–Crippen MR) is 69.2 cm³/mol. The van der Waals surface area contributed by atoms with Gasteiger partial charge >= 0.3 is 0 Å². The van der Waals surface area contributed by atoms with Crippen LogP contribution in [-0.4, -0.2) is 25.4 Å². The Bertz CT molecular complexity index is 333. The summed E-state index contributed by atoms with van der Waals surface area (Å²) in [7, 11) is 0. The van der Waals surface area contributed by atoms with Crippen molar-refractivity contribution in [3.05, 3.63) is 47.7 Å². The van der Waals surface area contributed by atoms with Gasteiger partial charge in [0.25, 0.3) is 0 Å². The maximum absolute atomic E-state index is 11.8. The van der Waals surface area contributed by atoms with Crippen LogP contribution in [0.1, 0.15) is 16.1 Å². The van der Waals surface area contributed by atoms with Gasteiger partial charge < -0.3 is 4.90 Å². The zero-order chi connectivity index (χ0) is 11.8. The summed E-state index contributed by atoms with van der Waals surface area (Å²) in [6.07, 6.45) is 4.36. The highest BCUT2D eigenvalue weighted by Gasteiger charge is 2.11. The van der Waals surface area contributed by atoms with Crippen molar-refractivity contribution < 1.29 is 9.69 Å². The molecule has 0 aliphatic heterocycles. The van der Waals surface area contributed by atoms with E-state index in [2.05, 4.69) is 13.2 Å². The van der Waals surface area contributed by atoms with E-state index in [0.717, 1.165) is 24.5 Å².